The van der Waals surface area contributed by atoms with Crippen molar-refractivity contribution in [2.75, 3.05) is 5.32 Å². The van der Waals surface area contributed by atoms with Crippen molar-refractivity contribution in [3.05, 3.63) is 60.3 Å². The molecule has 2 N–H and O–H groups in total. The highest BCUT2D eigenvalue weighted by Gasteiger charge is 2.08. The fourth-order valence-corrected chi connectivity index (χ4v) is 2.67. The van der Waals surface area contributed by atoms with Crippen LogP contribution in [0.5, 0.6) is 0 Å². The van der Waals surface area contributed by atoms with E-state index in [0.29, 0.717) is 11.6 Å². The van der Waals surface area contributed by atoms with Crippen molar-refractivity contribution in [3.63, 3.8) is 0 Å². The van der Waals surface area contributed by atoms with E-state index in [1.54, 1.807) is 17.5 Å². The molecule has 22 heavy (non-hydrogen) atoms. The molecule has 1 aromatic carbocycles. The number of nitrogens with zero attached hydrogens (tertiary/aromatic N) is 3. The van der Waals surface area contributed by atoms with Gasteiger partial charge in [0.1, 0.15) is 10.7 Å². The highest BCUT2D eigenvalue weighted by Crippen LogP contribution is 2.27. The van der Waals surface area contributed by atoms with Gasteiger partial charge >= 0.3 is 0 Å². The first-order chi connectivity index (χ1) is 10.8. The smallest absolute Gasteiger partial charge is 0.227 e. The van der Waals surface area contributed by atoms with Gasteiger partial charge in [-0.05, 0) is 6.07 Å². The highest BCUT2D eigenvalue weighted by atomic mass is 32.1. The minimum Gasteiger partial charge on any atom is -0.323 e. The van der Waals surface area contributed by atoms with Crippen LogP contribution < -0.4 is 5.32 Å². The summed E-state index contributed by atoms with van der Waals surface area (Å²) < 4.78 is 0. The summed E-state index contributed by atoms with van der Waals surface area (Å²) in [5, 5.41) is 12.9. The van der Waals surface area contributed by atoms with Gasteiger partial charge in [0.2, 0.25) is 5.95 Å². The van der Waals surface area contributed by atoms with E-state index >= 15 is 0 Å². The number of thiazole rings is 1. The van der Waals surface area contributed by atoms with Gasteiger partial charge in [0.05, 0.1) is 11.4 Å². The standard InChI is InChI=1S/C16H13N5S/c1-11(9-17)19-16-18-8-7-13(21-16)14-10-22-15(20-14)12-5-3-2-4-6-12/h2-10,17H,1H2,(H,18,19,21). The van der Waals surface area contributed by atoms with E-state index in [4.69, 9.17) is 5.41 Å². The molecule has 0 radical (unpaired) electrons. The van der Waals surface area contributed by atoms with Crippen LogP contribution in [0.15, 0.2) is 60.3 Å². The van der Waals surface area contributed by atoms with Crippen LogP contribution in [-0.4, -0.2) is 21.2 Å². The van der Waals surface area contributed by atoms with Crippen molar-refractivity contribution in [2.24, 2.45) is 0 Å². The Hall–Kier alpha value is -2.86. The fraction of sp³-hybridized carbons (Fsp3) is 0. The first-order valence-corrected chi connectivity index (χ1v) is 7.45. The first-order valence-electron chi connectivity index (χ1n) is 6.57. The summed E-state index contributed by atoms with van der Waals surface area (Å²) in [6.45, 7) is 3.67. The van der Waals surface area contributed by atoms with Gasteiger partial charge in [-0.25, -0.2) is 15.0 Å². The Kier molecular flexibility index (Phi) is 4.02. The fourth-order valence-electron chi connectivity index (χ4n) is 1.85. The monoisotopic (exact) mass is 307 g/mol. The summed E-state index contributed by atoms with van der Waals surface area (Å²) in [4.78, 5) is 13.1. The van der Waals surface area contributed by atoms with E-state index in [9.17, 15) is 0 Å². The van der Waals surface area contributed by atoms with Gasteiger partial charge in [-0.2, -0.15) is 0 Å². The maximum absolute atomic E-state index is 7.12. The molecule has 0 unspecified atom stereocenters. The molecule has 2 aromatic heterocycles. The molecule has 0 saturated carbocycles. The summed E-state index contributed by atoms with van der Waals surface area (Å²) in [7, 11) is 0. The summed E-state index contributed by atoms with van der Waals surface area (Å²) in [5.41, 5.74) is 3.05. The molecule has 0 aliphatic carbocycles. The third kappa shape index (κ3) is 3.07. The molecule has 5 nitrogen and oxygen atoms in total. The lowest BCUT2D eigenvalue weighted by Crippen LogP contribution is -2.03. The molecule has 0 aliphatic heterocycles. The van der Waals surface area contributed by atoms with Crippen molar-refractivity contribution >= 4 is 23.5 Å². The second-order valence-corrected chi connectivity index (χ2v) is 5.32. The van der Waals surface area contributed by atoms with Crippen molar-refractivity contribution in [3.8, 4) is 22.0 Å². The number of hydrogen-bond acceptors (Lipinski definition) is 6. The van der Waals surface area contributed by atoms with E-state index in [1.807, 2.05) is 41.8 Å². The normalized spacial score (nSPS) is 10.2. The van der Waals surface area contributed by atoms with E-state index in [1.165, 1.54) is 0 Å². The van der Waals surface area contributed by atoms with Crippen LogP contribution in [0.1, 0.15) is 0 Å². The molecule has 0 saturated heterocycles. The van der Waals surface area contributed by atoms with Gasteiger partial charge in [-0.3, -0.25) is 0 Å². The van der Waals surface area contributed by atoms with Crippen molar-refractivity contribution < 1.29 is 0 Å². The van der Waals surface area contributed by atoms with Gasteiger partial charge < -0.3 is 10.7 Å². The third-order valence-electron chi connectivity index (χ3n) is 2.89. The maximum Gasteiger partial charge on any atom is 0.227 e. The van der Waals surface area contributed by atoms with Gasteiger partial charge in [-0.1, -0.05) is 36.9 Å². The second kappa shape index (κ2) is 6.28. The zero-order valence-electron chi connectivity index (χ0n) is 11.7. The van der Waals surface area contributed by atoms with Crippen LogP contribution in [0.25, 0.3) is 22.0 Å². The third-order valence-corrected chi connectivity index (χ3v) is 3.78. The van der Waals surface area contributed by atoms with Gasteiger partial charge in [0, 0.05) is 23.4 Å². The van der Waals surface area contributed by atoms with E-state index < -0.39 is 0 Å². The Morgan fingerprint density at radius 1 is 1.14 bits per heavy atom. The Morgan fingerprint density at radius 2 is 1.95 bits per heavy atom. The summed E-state index contributed by atoms with van der Waals surface area (Å²) in [6, 6.07) is 11.8. The number of anilines is 1. The molecular formula is C16H13N5S. The SMILES string of the molecule is C=C(C=N)Nc1nccc(-c2csc(-c3ccccc3)n2)n1. The zero-order valence-corrected chi connectivity index (χ0v) is 12.5. The first kappa shape index (κ1) is 14.1. The summed E-state index contributed by atoms with van der Waals surface area (Å²) in [5.74, 6) is 0.403. The van der Waals surface area contributed by atoms with Crippen molar-refractivity contribution in [1.29, 1.82) is 5.41 Å². The second-order valence-electron chi connectivity index (χ2n) is 4.46. The maximum atomic E-state index is 7.12. The molecule has 0 bridgehead atoms. The van der Waals surface area contributed by atoms with Crippen LogP contribution in [0.3, 0.4) is 0 Å². The molecule has 0 atom stereocenters. The lowest BCUT2D eigenvalue weighted by molar-refractivity contribution is 1.15. The molecule has 2 heterocycles. The quantitative estimate of drug-likeness (QED) is 0.702. The predicted octanol–water partition coefficient (Wildman–Crippen LogP) is 3.84. The van der Waals surface area contributed by atoms with E-state index in [-0.39, 0.29) is 0 Å². The average Bonchev–Trinajstić information content (AvgIpc) is 3.06. The molecule has 3 rings (SSSR count). The largest absolute Gasteiger partial charge is 0.323 e. The molecule has 108 valence electrons. The number of allylic oxidation sites excluding steroid dienone is 1. The number of aromatic nitrogens is 3. The lowest BCUT2D eigenvalue weighted by atomic mass is 10.2. The Balaban J connectivity index is 1.89. The summed E-state index contributed by atoms with van der Waals surface area (Å²) in [6.07, 6.45) is 2.77. The Labute approximate surface area is 131 Å². The average molecular weight is 307 g/mol. The van der Waals surface area contributed by atoms with Crippen molar-refractivity contribution in [2.45, 2.75) is 0 Å². The minimum absolute atomic E-state index is 0.403. The van der Waals surface area contributed by atoms with Crippen LogP contribution >= 0.6 is 11.3 Å². The molecule has 6 heteroatoms. The summed E-state index contributed by atoms with van der Waals surface area (Å²) >= 11 is 1.58. The van der Waals surface area contributed by atoms with Gasteiger partial charge in [0.15, 0.2) is 0 Å². The molecule has 0 amide bonds. The molecular weight excluding hydrogens is 294 g/mol. The molecule has 0 fully saturated rings. The van der Waals surface area contributed by atoms with Crippen LogP contribution in [0, 0.1) is 5.41 Å². The highest BCUT2D eigenvalue weighted by molar-refractivity contribution is 7.13. The number of benzene rings is 1. The van der Waals surface area contributed by atoms with Gasteiger partial charge in [-0.15, -0.1) is 11.3 Å². The predicted molar refractivity (Wildman–Crippen MR) is 90.1 cm³/mol. The van der Waals surface area contributed by atoms with E-state index in [2.05, 4.69) is 26.8 Å². The van der Waals surface area contributed by atoms with Gasteiger partial charge in [0.25, 0.3) is 0 Å². The molecule has 0 aliphatic rings. The number of rotatable bonds is 5. The number of hydrogen-bond donors (Lipinski definition) is 2. The zero-order chi connectivity index (χ0) is 15.4. The van der Waals surface area contributed by atoms with Crippen LogP contribution in [0.4, 0.5) is 5.95 Å². The topological polar surface area (TPSA) is 74.6 Å². The van der Waals surface area contributed by atoms with Crippen LogP contribution in [0.2, 0.25) is 0 Å². The molecule has 3 aromatic rings. The molecule has 0 spiro atoms. The minimum atomic E-state index is 0.403. The van der Waals surface area contributed by atoms with Crippen LogP contribution in [-0.2, 0) is 0 Å². The lowest BCUT2D eigenvalue weighted by Gasteiger charge is -2.03. The number of nitrogens with one attached hydrogen (secondary N) is 2. The Morgan fingerprint density at radius 3 is 2.73 bits per heavy atom. The Bertz CT molecular complexity index is 810. The van der Waals surface area contributed by atoms with Crippen molar-refractivity contribution in [1.82, 2.24) is 15.0 Å². The van der Waals surface area contributed by atoms with E-state index in [0.717, 1.165) is 28.2 Å².